The van der Waals surface area contributed by atoms with Crippen molar-refractivity contribution in [2.75, 3.05) is 13.2 Å². The predicted molar refractivity (Wildman–Crippen MR) is 69.2 cm³/mol. The van der Waals surface area contributed by atoms with Gasteiger partial charge in [0, 0.05) is 6.54 Å². The van der Waals surface area contributed by atoms with Gasteiger partial charge in [0.05, 0.1) is 17.6 Å². The molecule has 108 valence electrons. The highest BCUT2D eigenvalue weighted by Gasteiger charge is 2.50. The molecule has 1 fully saturated rings. The number of nitrogens with one attached hydrogen (secondary N) is 1. The van der Waals surface area contributed by atoms with Gasteiger partial charge < -0.3 is 15.2 Å². The number of carbonyl (C=O) groups excluding carboxylic acids is 1. The fourth-order valence-corrected chi connectivity index (χ4v) is 1.94. The van der Waals surface area contributed by atoms with Crippen molar-refractivity contribution in [2.24, 2.45) is 5.41 Å². The van der Waals surface area contributed by atoms with E-state index in [1.165, 1.54) is 18.2 Å². The lowest BCUT2D eigenvalue weighted by Gasteiger charge is -2.13. The average molecular weight is 281 g/mol. The van der Waals surface area contributed by atoms with Crippen LogP contribution in [0.25, 0.3) is 0 Å². The molecule has 2 N–H and O–H groups in total. The summed E-state index contributed by atoms with van der Waals surface area (Å²) < 4.78 is 18.7. The second-order valence-corrected chi connectivity index (χ2v) is 4.82. The number of hydrogen-bond acceptors (Lipinski definition) is 3. The minimum atomic E-state index is -0.915. The Bertz CT molecular complexity index is 540. The Kier molecular flexibility index (Phi) is 3.92. The van der Waals surface area contributed by atoms with Gasteiger partial charge in [-0.15, -0.1) is 0 Å². The molecule has 0 heterocycles. The molecule has 1 aliphatic rings. The molecular weight excluding hydrogens is 265 g/mol. The topological polar surface area (TPSA) is 75.6 Å². The maximum absolute atomic E-state index is 13.6. The van der Waals surface area contributed by atoms with Crippen LogP contribution in [0.4, 0.5) is 4.39 Å². The van der Waals surface area contributed by atoms with E-state index in [9.17, 15) is 14.0 Å². The molecule has 1 amide bonds. The van der Waals surface area contributed by atoms with Crippen LogP contribution >= 0.6 is 0 Å². The maximum atomic E-state index is 13.6. The van der Waals surface area contributed by atoms with E-state index in [0.717, 1.165) is 0 Å². The summed E-state index contributed by atoms with van der Waals surface area (Å²) in [7, 11) is 0. The van der Waals surface area contributed by atoms with Crippen LogP contribution in [0.5, 0.6) is 5.75 Å². The fourth-order valence-electron chi connectivity index (χ4n) is 1.94. The highest BCUT2D eigenvalue weighted by atomic mass is 19.1. The van der Waals surface area contributed by atoms with Crippen molar-refractivity contribution in [3.05, 3.63) is 29.6 Å². The molecule has 0 spiro atoms. The number of amides is 1. The number of carbonyl (C=O) groups is 2. The van der Waals surface area contributed by atoms with Crippen molar-refractivity contribution in [1.82, 2.24) is 5.32 Å². The first-order valence-corrected chi connectivity index (χ1v) is 6.43. The highest BCUT2D eigenvalue weighted by Crippen LogP contribution is 2.45. The molecule has 0 unspecified atom stereocenters. The van der Waals surface area contributed by atoms with Gasteiger partial charge in [-0.1, -0.05) is 6.07 Å². The Labute approximate surface area is 115 Å². The average Bonchev–Trinajstić information content (AvgIpc) is 3.20. The number of benzene rings is 1. The van der Waals surface area contributed by atoms with E-state index in [1.54, 1.807) is 6.92 Å². The largest absolute Gasteiger partial charge is 0.490 e. The van der Waals surface area contributed by atoms with E-state index in [1.807, 2.05) is 0 Å². The summed E-state index contributed by atoms with van der Waals surface area (Å²) in [5, 5.41) is 11.6. The lowest BCUT2D eigenvalue weighted by molar-refractivity contribution is -0.143. The van der Waals surface area contributed by atoms with Crippen molar-refractivity contribution in [3.8, 4) is 5.75 Å². The number of hydrogen-bond donors (Lipinski definition) is 2. The Morgan fingerprint density at radius 1 is 1.45 bits per heavy atom. The van der Waals surface area contributed by atoms with Crippen LogP contribution in [0.1, 0.15) is 30.1 Å². The number of para-hydroxylation sites is 1. The SMILES string of the molecule is CCOc1c(F)cccc1C(=O)NCC1(C(=O)O)CC1. The Morgan fingerprint density at radius 3 is 2.70 bits per heavy atom. The quantitative estimate of drug-likeness (QED) is 0.834. The van der Waals surface area contributed by atoms with E-state index in [2.05, 4.69) is 5.32 Å². The van der Waals surface area contributed by atoms with Crippen LogP contribution < -0.4 is 10.1 Å². The number of aliphatic carboxylic acids is 1. The monoisotopic (exact) mass is 281 g/mol. The fraction of sp³-hybridized carbons (Fsp3) is 0.429. The third-order valence-corrected chi connectivity index (χ3v) is 3.39. The summed E-state index contributed by atoms with van der Waals surface area (Å²) in [6.07, 6.45) is 1.09. The molecule has 0 aromatic heterocycles. The molecule has 5 nitrogen and oxygen atoms in total. The van der Waals surface area contributed by atoms with Gasteiger partial charge in [0.2, 0.25) is 0 Å². The van der Waals surface area contributed by atoms with Crippen molar-refractivity contribution < 1.29 is 23.8 Å². The second-order valence-electron chi connectivity index (χ2n) is 4.82. The number of halogens is 1. The van der Waals surface area contributed by atoms with Crippen LogP contribution in [-0.2, 0) is 4.79 Å². The van der Waals surface area contributed by atoms with Gasteiger partial charge in [-0.2, -0.15) is 0 Å². The van der Waals surface area contributed by atoms with Gasteiger partial charge in [0.25, 0.3) is 5.91 Å². The van der Waals surface area contributed by atoms with Crippen LogP contribution in [0, 0.1) is 11.2 Å². The van der Waals surface area contributed by atoms with E-state index in [-0.39, 0.29) is 24.5 Å². The minimum absolute atomic E-state index is 0.0449. The molecule has 0 radical (unpaired) electrons. The summed E-state index contributed by atoms with van der Waals surface area (Å²) >= 11 is 0. The smallest absolute Gasteiger partial charge is 0.311 e. The molecule has 2 rings (SSSR count). The summed E-state index contributed by atoms with van der Waals surface area (Å²) in [4.78, 5) is 23.1. The second kappa shape index (κ2) is 5.48. The van der Waals surface area contributed by atoms with E-state index >= 15 is 0 Å². The third-order valence-electron chi connectivity index (χ3n) is 3.39. The Morgan fingerprint density at radius 2 is 2.15 bits per heavy atom. The zero-order chi connectivity index (χ0) is 14.8. The van der Waals surface area contributed by atoms with Crippen molar-refractivity contribution in [2.45, 2.75) is 19.8 Å². The van der Waals surface area contributed by atoms with Gasteiger partial charge in [0.15, 0.2) is 11.6 Å². The van der Waals surface area contributed by atoms with Gasteiger partial charge in [-0.05, 0) is 31.9 Å². The number of carboxylic acid groups (broad SMARTS) is 1. The first-order chi connectivity index (χ1) is 9.50. The van der Waals surface area contributed by atoms with Crippen LogP contribution in [-0.4, -0.2) is 30.1 Å². The maximum Gasteiger partial charge on any atom is 0.311 e. The summed E-state index contributed by atoms with van der Waals surface area (Å²) in [6, 6.07) is 4.07. The molecule has 0 saturated heterocycles. The van der Waals surface area contributed by atoms with Gasteiger partial charge >= 0.3 is 5.97 Å². The summed E-state index contributed by atoms with van der Waals surface area (Å²) in [5.74, 6) is -2.16. The number of ether oxygens (including phenoxy) is 1. The first-order valence-electron chi connectivity index (χ1n) is 6.43. The predicted octanol–water partition coefficient (Wildman–Crippen LogP) is 1.82. The molecule has 20 heavy (non-hydrogen) atoms. The molecule has 0 aliphatic heterocycles. The molecule has 0 atom stereocenters. The van der Waals surface area contributed by atoms with E-state index in [4.69, 9.17) is 9.84 Å². The lowest BCUT2D eigenvalue weighted by atomic mass is 10.1. The van der Waals surface area contributed by atoms with E-state index in [0.29, 0.717) is 12.8 Å². The zero-order valence-electron chi connectivity index (χ0n) is 11.1. The summed E-state index contributed by atoms with van der Waals surface area (Å²) in [5.41, 5.74) is -0.776. The third kappa shape index (κ3) is 2.74. The zero-order valence-corrected chi connectivity index (χ0v) is 11.1. The molecule has 1 aromatic carbocycles. The summed E-state index contributed by atoms with van der Waals surface area (Å²) in [6.45, 7) is 1.97. The van der Waals surface area contributed by atoms with Crippen LogP contribution in [0.15, 0.2) is 18.2 Å². The lowest BCUT2D eigenvalue weighted by Crippen LogP contribution is -2.34. The number of carboxylic acids is 1. The van der Waals surface area contributed by atoms with Gasteiger partial charge in [-0.25, -0.2) is 4.39 Å². The minimum Gasteiger partial charge on any atom is -0.490 e. The van der Waals surface area contributed by atoms with Crippen molar-refractivity contribution in [1.29, 1.82) is 0 Å². The van der Waals surface area contributed by atoms with Crippen molar-refractivity contribution >= 4 is 11.9 Å². The highest BCUT2D eigenvalue weighted by molar-refractivity contribution is 5.97. The van der Waals surface area contributed by atoms with Crippen molar-refractivity contribution in [3.63, 3.8) is 0 Å². The molecule has 6 heteroatoms. The molecule has 1 saturated carbocycles. The molecule has 1 aliphatic carbocycles. The molecule has 1 aromatic rings. The molecule has 0 bridgehead atoms. The van der Waals surface area contributed by atoms with Gasteiger partial charge in [0.1, 0.15) is 0 Å². The Hall–Kier alpha value is -2.11. The standard InChI is InChI=1S/C14H16FNO4/c1-2-20-11-9(4-3-5-10(11)15)12(17)16-8-14(6-7-14)13(18)19/h3-5H,2,6-8H2,1H3,(H,16,17)(H,18,19). The number of rotatable bonds is 6. The Balaban J connectivity index is 2.10. The first kappa shape index (κ1) is 14.3. The molecular formula is C14H16FNO4. The van der Waals surface area contributed by atoms with Gasteiger partial charge in [-0.3, -0.25) is 9.59 Å². The van der Waals surface area contributed by atoms with Crippen LogP contribution in [0.2, 0.25) is 0 Å². The normalized spacial score (nSPS) is 15.5. The van der Waals surface area contributed by atoms with E-state index < -0.39 is 23.1 Å². The van der Waals surface area contributed by atoms with Crippen LogP contribution in [0.3, 0.4) is 0 Å².